The highest BCUT2D eigenvalue weighted by molar-refractivity contribution is 6.15. The average molecular weight is 818 g/mol. The summed E-state index contributed by atoms with van der Waals surface area (Å²) in [5.74, 6) is 1.98. The second-order valence-electron chi connectivity index (χ2n) is 18.7. The fourth-order valence-electron chi connectivity index (χ4n) is 11.3. The molecular formula is C61H43N3. The van der Waals surface area contributed by atoms with Gasteiger partial charge in [0.2, 0.25) is 0 Å². The van der Waals surface area contributed by atoms with Gasteiger partial charge in [-0.1, -0.05) is 191 Å². The van der Waals surface area contributed by atoms with E-state index in [4.69, 9.17) is 15.0 Å². The van der Waals surface area contributed by atoms with E-state index in [0.29, 0.717) is 17.5 Å². The van der Waals surface area contributed by atoms with Gasteiger partial charge in [0.15, 0.2) is 17.5 Å². The van der Waals surface area contributed by atoms with Crippen LogP contribution in [-0.4, -0.2) is 15.0 Å². The predicted octanol–water partition coefficient (Wildman–Crippen LogP) is 15.8. The third-order valence-electron chi connectivity index (χ3n) is 14.5. The molecule has 3 nitrogen and oxygen atoms in total. The number of hydrogen-bond acceptors (Lipinski definition) is 3. The fraction of sp³-hybridized carbons (Fsp3) is 0.0984. The van der Waals surface area contributed by atoms with Crippen LogP contribution in [0.25, 0.3) is 111 Å². The summed E-state index contributed by atoms with van der Waals surface area (Å²) in [6.07, 6.45) is 0. The lowest BCUT2D eigenvalue weighted by atomic mass is 9.80. The molecular weight excluding hydrogens is 775 g/mol. The molecule has 0 amide bonds. The van der Waals surface area contributed by atoms with E-state index in [1.165, 1.54) is 77.2 Å². The Morgan fingerprint density at radius 3 is 1.28 bits per heavy atom. The van der Waals surface area contributed by atoms with Crippen LogP contribution in [0.1, 0.15) is 49.9 Å². The van der Waals surface area contributed by atoms with Gasteiger partial charge in [-0.05, 0) is 123 Å². The highest BCUT2D eigenvalue weighted by Crippen LogP contribution is 2.54. The van der Waals surface area contributed by atoms with Gasteiger partial charge in [-0.15, -0.1) is 0 Å². The van der Waals surface area contributed by atoms with Crippen LogP contribution < -0.4 is 0 Å². The molecule has 1 heterocycles. The minimum Gasteiger partial charge on any atom is -0.208 e. The van der Waals surface area contributed by atoms with Gasteiger partial charge in [0.25, 0.3) is 0 Å². The first kappa shape index (κ1) is 36.9. The van der Waals surface area contributed by atoms with E-state index in [-0.39, 0.29) is 10.8 Å². The topological polar surface area (TPSA) is 38.7 Å². The number of hydrogen-bond donors (Lipinski definition) is 0. The molecule has 0 aliphatic heterocycles. The molecule has 3 heteroatoms. The molecule has 10 aromatic carbocycles. The Kier molecular flexibility index (Phi) is 7.71. The van der Waals surface area contributed by atoms with Crippen LogP contribution in [0.3, 0.4) is 0 Å². The Bertz CT molecular complexity index is 3660. The zero-order valence-electron chi connectivity index (χ0n) is 36.2. The van der Waals surface area contributed by atoms with Crippen molar-refractivity contribution in [1.82, 2.24) is 15.0 Å². The Hall–Kier alpha value is -7.75. The summed E-state index contributed by atoms with van der Waals surface area (Å²) in [4.78, 5) is 16.5. The van der Waals surface area contributed by atoms with Gasteiger partial charge in [0, 0.05) is 27.5 Å². The molecule has 0 bridgehead atoms. The van der Waals surface area contributed by atoms with E-state index < -0.39 is 0 Å². The fourth-order valence-corrected chi connectivity index (χ4v) is 11.3. The summed E-state index contributed by atoms with van der Waals surface area (Å²) in [5.41, 5.74) is 15.6. The molecule has 0 fully saturated rings. The normalized spacial score (nSPS) is 14.2. The van der Waals surface area contributed by atoms with Gasteiger partial charge in [-0.25, -0.2) is 15.0 Å². The first-order valence-electron chi connectivity index (χ1n) is 22.4. The third-order valence-corrected chi connectivity index (χ3v) is 14.5. The van der Waals surface area contributed by atoms with E-state index in [2.05, 4.69) is 216 Å². The second-order valence-corrected chi connectivity index (χ2v) is 18.7. The van der Waals surface area contributed by atoms with E-state index in [1.807, 2.05) is 0 Å². The zero-order chi connectivity index (χ0) is 42.9. The quantitative estimate of drug-likeness (QED) is 0.166. The standard InChI is InChI=1S/C61H43N3/c1-60(2)52-26-14-13-24-46(52)47-30-28-36(34-54(47)60)37-29-31-48-55(35-37)61(3,4)53-27-15-25-49(56(48)53)57-62-58(50-32-38-16-5-7-18-40(38)42-20-9-11-22-44(42)50)64-59(63-57)51-33-39-17-6-8-19-41(39)43-21-10-12-23-45(43)51/h5-35H,1-4H3. The van der Waals surface area contributed by atoms with Crippen LogP contribution in [-0.2, 0) is 10.8 Å². The van der Waals surface area contributed by atoms with Crippen molar-refractivity contribution in [3.05, 3.63) is 210 Å². The smallest absolute Gasteiger partial charge is 0.164 e. The molecule has 2 aliphatic rings. The van der Waals surface area contributed by atoms with Crippen LogP contribution in [0.5, 0.6) is 0 Å². The largest absolute Gasteiger partial charge is 0.208 e. The molecule has 0 spiro atoms. The van der Waals surface area contributed by atoms with Gasteiger partial charge in [0.05, 0.1) is 0 Å². The summed E-state index contributed by atoms with van der Waals surface area (Å²) in [5, 5.41) is 9.32. The maximum atomic E-state index is 5.50. The van der Waals surface area contributed by atoms with Crippen molar-refractivity contribution in [2.75, 3.05) is 0 Å². The first-order valence-corrected chi connectivity index (χ1v) is 22.4. The van der Waals surface area contributed by atoms with Gasteiger partial charge >= 0.3 is 0 Å². The lowest BCUT2D eigenvalue weighted by Crippen LogP contribution is -2.15. The van der Waals surface area contributed by atoms with Crippen LogP contribution in [0.2, 0.25) is 0 Å². The molecule has 0 saturated carbocycles. The highest BCUT2D eigenvalue weighted by Gasteiger charge is 2.39. The monoisotopic (exact) mass is 817 g/mol. The summed E-state index contributed by atoms with van der Waals surface area (Å²) in [7, 11) is 0. The maximum absolute atomic E-state index is 5.50. The van der Waals surface area contributed by atoms with Gasteiger partial charge < -0.3 is 0 Å². The average Bonchev–Trinajstić information content (AvgIpc) is 3.72. The molecule has 0 unspecified atom stereocenters. The van der Waals surface area contributed by atoms with E-state index in [0.717, 1.165) is 38.2 Å². The molecule has 64 heavy (non-hydrogen) atoms. The molecule has 302 valence electrons. The van der Waals surface area contributed by atoms with E-state index >= 15 is 0 Å². The van der Waals surface area contributed by atoms with Crippen molar-refractivity contribution < 1.29 is 0 Å². The minimum atomic E-state index is -0.259. The van der Waals surface area contributed by atoms with Crippen molar-refractivity contribution in [3.8, 4) is 67.5 Å². The van der Waals surface area contributed by atoms with Crippen molar-refractivity contribution in [1.29, 1.82) is 0 Å². The molecule has 2 aliphatic carbocycles. The number of benzene rings is 10. The summed E-state index contributed by atoms with van der Waals surface area (Å²) < 4.78 is 0. The maximum Gasteiger partial charge on any atom is 0.164 e. The lowest BCUT2D eigenvalue weighted by molar-refractivity contribution is 0.659. The molecule has 0 N–H and O–H groups in total. The summed E-state index contributed by atoms with van der Waals surface area (Å²) >= 11 is 0. The van der Waals surface area contributed by atoms with Crippen LogP contribution in [0, 0.1) is 0 Å². The molecule has 13 rings (SSSR count). The number of fused-ring (bicyclic) bond motifs is 12. The number of aromatic nitrogens is 3. The lowest BCUT2D eigenvalue weighted by Gasteiger charge is -2.23. The minimum absolute atomic E-state index is 0.0659. The molecule has 0 saturated heterocycles. The van der Waals surface area contributed by atoms with E-state index in [9.17, 15) is 0 Å². The third kappa shape index (κ3) is 5.25. The SMILES string of the molecule is CC1(C)c2ccccc2-c2ccc(-c3ccc4c(c3)C(C)(C)c3cccc(-c5nc(-c6cc7ccccc7c7ccccc67)nc(-c6cc7ccccc7c7ccccc67)n5)c3-4)cc21. The van der Waals surface area contributed by atoms with Crippen LogP contribution in [0.15, 0.2) is 188 Å². The molecule has 1 aromatic heterocycles. The van der Waals surface area contributed by atoms with Crippen molar-refractivity contribution in [2.24, 2.45) is 0 Å². The summed E-state index contributed by atoms with van der Waals surface area (Å²) in [6, 6.07) is 68.7. The van der Waals surface area contributed by atoms with Crippen molar-refractivity contribution in [3.63, 3.8) is 0 Å². The molecule has 0 atom stereocenters. The van der Waals surface area contributed by atoms with Crippen LogP contribution in [0.4, 0.5) is 0 Å². The molecule has 11 aromatic rings. The summed E-state index contributed by atoms with van der Waals surface area (Å²) in [6.45, 7) is 9.43. The second kappa shape index (κ2) is 13.4. The van der Waals surface area contributed by atoms with Gasteiger partial charge in [-0.3, -0.25) is 0 Å². The van der Waals surface area contributed by atoms with E-state index in [1.54, 1.807) is 0 Å². The number of rotatable bonds is 4. The zero-order valence-corrected chi connectivity index (χ0v) is 36.2. The Morgan fingerprint density at radius 2 is 0.688 bits per heavy atom. The predicted molar refractivity (Wildman–Crippen MR) is 267 cm³/mol. The van der Waals surface area contributed by atoms with Gasteiger partial charge in [-0.2, -0.15) is 0 Å². The first-order chi connectivity index (χ1) is 31.2. The Balaban J connectivity index is 1.03. The molecule has 0 radical (unpaired) electrons. The Labute approximate surface area is 372 Å². The van der Waals surface area contributed by atoms with Crippen LogP contribution >= 0.6 is 0 Å². The van der Waals surface area contributed by atoms with Gasteiger partial charge in [0.1, 0.15) is 0 Å². The van der Waals surface area contributed by atoms with Crippen molar-refractivity contribution >= 4 is 43.1 Å². The highest BCUT2D eigenvalue weighted by atomic mass is 15.0. The Morgan fingerprint density at radius 1 is 0.281 bits per heavy atom. The number of nitrogens with zero attached hydrogens (tertiary/aromatic N) is 3. The van der Waals surface area contributed by atoms with Crippen molar-refractivity contribution in [2.45, 2.75) is 38.5 Å².